The molecule has 1 heterocycles. The number of benzene rings is 1. The van der Waals surface area contributed by atoms with Crippen LogP contribution in [-0.4, -0.2) is 40.9 Å². The lowest BCUT2D eigenvalue weighted by Crippen LogP contribution is -2.24. The molecule has 6 nitrogen and oxygen atoms in total. The average Bonchev–Trinajstić information content (AvgIpc) is 3.41. The van der Waals surface area contributed by atoms with E-state index in [-0.39, 0.29) is 24.2 Å². The Balaban J connectivity index is 1.55. The number of sulfone groups is 1. The van der Waals surface area contributed by atoms with Gasteiger partial charge in [0.1, 0.15) is 16.4 Å². The SMILES string of the molecule is CC(C1CC2CCC1C2)n1c(COc2ccccc2F)nnc1SCCS(C)(=O)=O. The fraction of sp³-hybridized carbons (Fsp3) is 0.619. The molecule has 0 saturated heterocycles. The van der Waals surface area contributed by atoms with Crippen molar-refractivity contribution in [3.8, 4) is 5.75 Å². The number of para-hydroxylation sites is 1. The lowest BCUT2D eigenvalue weighted by Gasteiger charge is -2.30. The summed E-state index contributed by atoms with van der Waals surface area (Å²) in [6.45, 7) is 2.31. The van der Waals surface area contributed by atoms with E-state index >= 15 is 0 Å². The number of ether oxygens (including phenoxy) is 1. The van der Waals surface area contributed by atoms with Crippen LogP contribution in [0, 0.1) is 23.6 Å². The van der Waals surface area contributed by atoms with Gasteiger partial charge in [-0.25, -0.2) is 12.8 Å². The second-order valence-corrected chi connectivity index (χ2v) is 11.9. The Hall–Kier alpha value is -1.61. The third-order valence-corrected chi connectivity index (χ3v) is 8.58. The molecule has 4 rings (SSSR count). The van der Waals surface area contributed by atoms with Crippen LogP contribution >= 0.6 is 11.8 Å². The van der Waals surface area contributed by atoms with Crippen molar-refractivity contribution >= 4 is 21.6 Å². The van der Waals surface area contributed by atoms with Gasteiger partial charge in [-0.1, -0.05) is 30.3 Å². The summed E-state index contributed by atoms with van der Waals surface area (Å²) in [5, 5.41) is 9.37. The van der Waals surface area contributed by atoms with Crippen LogP contribution in [0.4, 0.5) is 4.39 Å². The molecule has 0 amide bonds. The highest BCUT2D eigenvalue weighted by Crippen LogP contribution is 2.52. The Bertz CT molecular complexity index is 995. The van der Waals surface area contributed by atoms with Crippen LogP contribution in [0.15, 0.2) is 29.4 Å². The zero-order valence-corrected chi connectivity index (χ0v) is 19.0. The number of hydrogen-bond donors (Lipinski definition) is 0. The summed E-state index contributed by atoms with van der Waals surface area (Å²) in [6, 6.07) is 6.50. The third kappa shape index (κ3) is 4.82. The van der Waals surface area contributed by atoms with Crippen LogP contribution in [0.3, 0.4) is 0 Å². The molecule has 0 spiro atoms. The van der Waals surface area contributed by atoms with Crippen LogP contribution in [0.5, 0.6) is 5.75 Å². The van der Waals surface area contributed by atoms with E-state index in [1.165, 1.54) is 49.8 Å². The standard InChI is InChI=1S/C21H28FN3O3S2/c1-14(17-12-15-7-8-16(17)11-15)25-20(13-28-19-6-4-3-5-18(19)22)23-24-21(25)29-9-10-30(2,26)27/h3-6,14-17H,7-13H2,1-2H3. The van der Waals surface area contributed by atoms with Crippen molar-refractivity contribution in [3.63, 3.8) is 0 Å². The molecule has 9 heteroatoms. The summed E-state index contributed by atoms with van der Waals surface area (Å²) in [4.78, 5) is 0. The van der Waals surface area contributed by atoms with Gasteiger partial charge in [0.05, 0.1) is 5.75 Å². The van der Waals surface area contributed by atoms with E-state index in [1.54, 1.807) is 18.2 Å². The molecule has 0 aliphatic heterocycles. The predicted molar refractivity (Wildman–Crippen MR) is 115 cm³/mol. The van der Waals surface area contributed by atoms with E-state index in [0.717, 1.165) is 11.8 Å². The Kier molecular flexibility index (Phi) is 6.39. The third-order valence-electron chi connectivity index (χ3n) is 6.43. The summed E-state index contributed by atoms with van der Waals surface area (Å²) in [7, 11) is -3.04. The molecule has 2 bridgehead atoms. The molecular weight excluding hydrogens is 425 g/mol. The van der Waals surface area contributed by atoms with Gasteiger partial charge in [-0.2, -0.15) is 0 Å². The Morgan fingerprint density at radius 3 is 2.73 bits per heavy atom. The lowest BCUT2D eigenvalue weighted by atomic mass is 9.84. The van der Waals surface area contributed by atoms with Crippen LogP contribution in [-0.2, 0) is 16.4 Å². The van der Waals surface area contributed by atoms with Gasteiger partial charge in [0.2, 0.25) is 0 Å². The fourth-order valence-electron chi connectivity index (χ4n) is 4.98. The minimum atomic E-state index is -3.04. The molecular formula is C21H28FN3O3S2. The predicted octanol–water partition coefficient (Wildman–Crippen LogP) is 4.13. The lowest BCUT2D eigenvalue weighted by molar-refractivity contribution is 0.215. The molecule has 0 N–H and O–H groups in total. The van der Waals surface area contributed by atoms with Gasteiger partial charge in [-0.15, -0.1) is 10.2 Å². The maximum absolute atomic E-state index is 14.0. The van der Waals surface area contributed by atoms with Crippen molar-refractivity contribution in [2.45, 2.75) is 50.4 Å². The number of fused-ring (bicyclic) bond motifs is 2. The van der Waals surface area contributed by atoms with Crippen LogP contribution < -0.4 is 4.74 Å². The fourth-order valence-corrected chi connectivity index (χ4v) is 7.21. The van der Waals surface area contributed by atoms with Gasteiger partial charge in [0, 0.05) is 18.1 Å². The number of aromatic nitrogens is 3. The molecule has 4 atom stereocenters. The van der Waals surface area contributed by atoms with Crippen molar-refractivity contribution in [1.82, 2.24) is 14.8 Å². The highest BCUT2D eigenvalue weighted by molar-refractivity contribution is 8.00. The minimum Gasteiger partial charge on any atom is -0.483 e. The summed E-state index contributed by atoms with van der Waals surface area (Å²) in [5.74, 6) is 3.04. The first-order chi connectivity index (χ1) is 14.3. The largest absolute Gasteiger partial charge is 0.483 e. The van der Waals surface area contributed by atoms with Gasteiger partial charge in [-0.05, 0) is 56.1 Å². The van der Waals surface area contributed by atoms with E-state index in [9.17, 15) is 12.8 Å². The molecule has 4 unspecified atom stereocenters. The van der Waals surface area contributed by atoms with Gasteiger partial charge >= 0.3 is 0 Å². The molecule has 2 fully saturated rings. The number of hydrogen-bond acceptors (Lipinski definition) is 6. The number of nitrogens with zero attached hydrogens (tertiary/aromatic N) is 3. The molecule has 2 aliphatic carbocycles. The van der Waals surface area contributed by atoms with Crippen molar-refractivity contribution in [2.24, 2.45) is 17.8 Å². The Labute approximate surface area is 181 Å². The number of rotatable bonds is 9. The maximum Gasteiger partial charge on any atom is 0.191 e. The van der Waals surface area contributed by atoms with Crippen molar-refractivity contribution < 1.29 is 17.5 Å². The molecule has 2 aliphatic rings. The summed E-state index contributed by atoms with van der Waals surface area (Å²) in [5.41, 5.74) is 0. The zero-order chi connectivity index (χ0) is 21.3. The van der Waals surface area contributed by atoms with Crippen molar-refractivity contribution in [2.75, 3.05) is 17.8 Å². The molecule has 0 radical (unpaired) electrons. The van der Waals surface area contributed by atoms with Gasteiger partial charge in [-0.3, -0.25) is 4.57 Å². The molecule has 2 aromatic rings. The summed E-state index contributed by atoms with van der Waals surface area (Å²) < 4.78 is 44.8. The Morgan fingerprint density at radius 2 is 2.07 bits per heavy atom. The van der Waals surface area contributed by atoms with E-state index in [2.05, 4.69) is 21.7 Å². The van der Waals surface area contributed by atoms with Crippen LogP contribution in [0.1, 0.15) is 44.5 Å². The number of halogens is 1. The normalized spacial score (nSPS) is 24.3. The Morgan fingerprint density at radius 1 is 1.27 bits per heavy atom. The monoisotopic (exact) mass is 453 g/mol. The van der Waals surface area contributed by atoms with Crippen molar-refractivity contribution in [1.29, 1.82) is 0 Å². The van der Waals surface area contributed by atoms with Gasteiger partial charge < -0.3 is 4.74 Å². The summed E-state index contributed by atoms with van der Waals surface area (Å²) in [6.07, 6.45) is 6.36. The molecule has 164 valence electrons. The minimum absolute atomic E-state index is 0.0914. The second kappa shape index (κ2) is 8.86. The highest BCUT2D eigenvalue weighted by atomic mass is 32.2. The zero-order valence-electron chi connectivity index (χ0n) is 17.3. The first-order valence-electron chi connectivity index (χ1n) is 10.4. The van der Waals surface area contributed by atoms with Crippen molar-refractivity contribution in [3.05, 3.63) is 35.9 Å². The van der Waals surface area contributed by atoms with E-state index in [4.69, 9.17) is 4.74 Å². The second-order valence-electron chi connectivity index (χ2n) is 8.55. The highest BCUT2D eigenvalue weighted by Gasteiger charge is 2.43. The average molecular weight is 454 g/mol. The van der Waals surface area contributed by atoms with Gasteiger partial charge in [0.25, 0.3) is 0 Å². The van der Waals surface area contributed by atoms with E-state index < -0.39 is 15.7 Å². The van der Waals surface area contributed by atoms with E-state index in [1.807, 2.05) is 0 Å². The molecule has 2 saturated carbocycles. The quantitative estimate of drug-likeness (QED) is 0.532. The smallest absolute Gasteiger partial charge is 0.191 e. The van der Waals surface area contributed by atoms with Gasteiger partial charge in [0.15, 0.2) is 22.5 Å². The molecule has 1 aromatic carbocycles. The first-order valence-corrected chi connectivity index (χ1v) is 13.5. The topological polar surface area (TPSA) is 74.1 Å². The van der Waals surface area contributed by atoms with Crippen LogP contribution in [0.2, 0.25) is 0 Å². The maximum atomic E-state index is 14.0. The van der Waals surface area contributed by atoms with E-state index in [0.29, 0.717) is 22.7 Å². The molecule has 1 aromatic heterocycles. The summed E-state index contributed by atoms with van der Waals surface area (Å²) >= 11 is 1.41. The molecule has 30 heavy (non-hydrogen) atoms. The van der Waals surface area contributed by atoms with Crippen LogP contribution in [0.25, 0.3) is 0 Å². The first kappa shape index (κ1) is 21.6. The number of thioether (sulfide) groups is 1.